The number of aryl methyl sites for hydroxylation is 1. The fourth-order valence-electron chi connectivity index (χ4n) is 4.06. The number of nitrogens with one attached hydrogen (secondary N) is 2. The van der Waals surface area contributed by atoms with Gasteiger partial charge >= 0.3 is 12.1 Å². The fourth-order valence-corrected chi connectivity index (χ4v) is 4.06. The second-order valence-electron chi connectivity index (χ2n) is 11.8. The third-order valence-electron chi connectivity index (χ3n) is 5.58. The Labute approximate surface area is 228 Å². The molecule has 0 aromatic heterocycles. The molecule has 1 rings (SSSR count). The normalized spacial score (nSPS) is 13.3. The largest absolute Gasteiger partial charge is 0.466 e. The Morgan fingerprint density at radius 1 is 1.00 bits per heavy atom. The number of benzene rings is 1. The lowest BCUT2D eigenvalue weighted by Gasteiger charge is -2.43. The zero-order valence-corrected chi connectivity index (χ0v) is 24.8. The van der Waals surface area contributed by atoms with E-state index < -0.39 is 47.1 Å². The Morgan fingerprint density at radius 3 is 2.11 bits per heavy atom. The van der Waals surface area contributed by atoms with Crippen LogP contribution in [0.3, 0.4) is 0 Å². The highest BCUT2D eigenvalue weighted by Gasteiger charge is 2.42. The third-order valence-corrected chi connectivity index (χ3v) is 5.58. The standard InChI is InChI=1S/C29H47N3O6/c1-11-37-23(33)16-17-30-25(34)24(21-15-13-12-14-20(21)4)32(28(5,6)7)26(35)22(18-19(2)3)31-27(36)38-29(8,9)10/h12-15,19,22,24H,11,16-18H2,1-10H3,(H,30,34)(H,31,36). The summed E-state index contributed by atoms with van der Waals surface area (Å²) in [6, 6.07) is 5.46. The van der Waals surface area contributed by atoms with Gasteiger partial charge in [0.05, 0.1) is 13.0 Å². The molecule has 0 saturated carbocycles. The average molecular weight is 534 g/mol. The van der Waals surface area contributed by atoms with Crippen LogP contribution in [0.15, 0.2) is 24.3 Å². The SMILES string of the molecule is CCOC(=O)CCNC(=O)C(c1ccccc1C)N(C(=O)C(CC(C)C)NC(=O)OC(C)(C)C)C(C)(C)C. The van der Waals surface area contributed by atoms with Crippen molar-refractivity contribution in [2.24, 2.45) is 5.92 Å². The number of alkyl carbamates (subject to hydrolysis) is 1. The van der Waals surface area contributed by atoms with Crippen molar-refractivity contribution in [2.75, 3.05) is 13.2 Å². The minimum Gasteiger partial charge on any atom is -0.466 e. The van der Waals surface area contributed by atoms with Crippen molar-refractivity contribution in [3.63, 3.8) is 0 Å². The number of esters is 1. The van der Waals surface area contributed by atoms with E-state index in [2.05, 4.69) is 10.6 Å². The summed E-state index contributed by atoms with van der Waals surface area (Å²) >= 11 is 0. The highest BCUT2D eigenvalue weighted by atomic mass is 16.6. The second kappa shape index (κ2) is 14.2. The van der Waals surface area contributed by atoms with Gasteiger partial charge in [-0.05, 0) is 78.9 Å². The predicted molar refractivity (Wildman–Crippen MR) is 147 cm³/mol. The Balaban J connectivity index is 3.49. The van der Waals surface area contributed by atoms with Gasteiger partial charge in [-0.25, -0.2) is 4.79 Å². The first kappa shape index (κ1) is 32.9. The fraction of sp³-hybridized carbons (Fsp3) is 0.655. The number of nitrogens with zero attached hydrogens (tertiary/aromatic N) is 1. The molecule has 9 heteroatoms. The maximum Gasteiger partial charge on any atom is 0.408 e. The highest BCUT2D eigenvalue weighted by Crippen LogP contribution is 2.32. The molecule has 1 aromatic rings. The van der Waals surface area contributed by atoms with Gasteiger partial charge in [-0.15, -0.1) is 0 Å². The van der Waals surface area contributed by atoms with Gasteiger partial charge in [0.2, 0.25) is 11.8 Å². The molecule has 0 heterocycles. The highest BCUT2D eigenvalue weighted by molar-refractivity contribution is 5.93. The lowest BCUT2D eigenvalue weighted by atomic mass is 9.92. The monoisotopic (exact) mass is 533 g/mol. The van der Waals surface area contributed by atoms with E-state index in [1.54, 1.807) is 27.7 Å². The minimum atomic E-state index is -0.999. The molecule has 38 heavy (non-hydrogen) atoms. The number of carbonyl (C=O) groups excluding carboxylic acids is 4. The van der Waals surface area contributed by atoms with Crippen LogP contribution >= 0.6 is 0 Å². The topological polar surface area (TPSA) is 114 Å². The molecular weight excluding hydrogens is 486 g/mol. The molecule has 0 fully saturated rings. The van der Waals surface area contributed by atoms with Crippen molar-refractivity contribution < 1.29 is 28.7 Å². The lowest BCUT2D eigenvalue weighted by molar-refractivity contribution is -0.149. The molecule has 0 aliphatic rings. The first-order valence-electron chi connectivity index (χ1n) is 13.3. The quantitative estimate of drug-likeness (QED) is 0.400. The lowest BCUT2D eigenvalue weighted by Crippen LogP contribution is -2.59. The van der Waals surface area contributed by atoms with E-state index in [0.29, 0.717) is 12.0 Å². The number of amides is 3. The van der Waals surface area contributed by atoms with Crippen molar-refractivity contribution in [3.8, 4) is 0 Å². The van der Waals surface area contributed by atoms with Gasteiger partial charge in [-0.2, -0.15) is 0 Å². The van der Waals surface area contributed by atoms with E-state index in [0.717, 1.165) is 5.56 Å². The molecule has 0 spiro atoms. The van der Waals surface area contributed by atoms with E-state index in [9.17, 15) is 19.2 Å². The van der Waals surface area contributed by atoms with Crippen LogP contribution in [-0.2, 0) is 23.9 Å². The Kier molecular flexibility index (Phi) is 12.3. The Bertz CT molecular complexity index is 962. The summed E-state index contributed by atoms with van der Waals surface area (Å²) in [5.74, 6) is -1.16. The number of ether oxygens (including phenoxy) is 2. The second-order valence-corrected chi connectivity index (χ2v) is 11.8. The maximum absolute atomic E-state index is 14.2. The summed E-state index contributed by atoms with van der Waals surface area (Å²) in [5.41, 5.74) is -0.0414. The van der Waals surface area contributed by atoms with Crippen molar-refractivity contribution in [3.05, 3.63) is 35.4 Å². The summed E-state index contributed by atoms with van der Waals surface area (Å²) < 4.78 is 10.4. The molecule has 2 unspecified atom stereocenters. The van der Waals surface area contributed by atoms with Crippen LogP contribution in [0.1, 0.15) is 92.3 Å². The number of hydrogen-bond donors (Lipinski definition) is 2. The summed E-state index contributed by atoms with van der Waals surface area (Å²) in [7, 11) is 0. The van der Waals surface area contributed by atoms with Crippen molar-refractivity contribution in [2.45, 2.75) is 105 Å². The summed E-state index contributed by atoms with van der Waals surface area (Å²) in [6.07, 6.45) is -0.327. The van der Waals surface area contributed by atoms with Crippen LogP contribution < -0.4 is 10.6 Å². The first-order chi connectivity index (χ1) is 17.5. The van der Waals surface area contributed by atoms with Gasteiger partial charge in [-0.1, -0.05) is 38.1 Å². The molecule has 0 radical (unpaired) electrons. The van der Waals surface area contributed by atoms with E-state index in [4.69, 9.17) is 9.47 Å². The molecule has 0 aliphatic carbocycles. The zero-order chi connectivity index (χ0) is 29.3. The molecule has 0 aliphatic heterocycles. The van der Waals surface area contributed by atoms with Crippen LogP contribution in [0.25, 0.3) is 0 Å². The van der Waals surface area contributed by atoms with Gasteiger partial charge < -0.3 is 25.0 Å². The Morgan fingerprint density at radius 2 is 1.61 bits per heavy atom. The molecule has 2 atom stereocenters. The maximum atomic E-state index is 14.2. The molecule has 1 aromatic carbocycles. The van der Waals surface area contributed by atoms with Crippen LogP contribution in [-0.4, -0.2) is 59.1 Å². The van der Waals surface area contributed by atoms with Gasteiger partial charge in [0.1, 0.15) is 17.7 Å². The van der Waals surface area contributed by atoms with Crippen molar-refractivity contribution in [1.82, 2.24) is 15.5 Å². The summed E-state index contributed by atoms with van der Waals surface area (Å²) in [5, 5.41) is 5.56. The van der Waals surface area contributed by atoms with Gasteiger partial charge in [0, 0.05) is 12.1 Å². The number of rotatable bonds is 11. The van der Waals surface area contributed by atoms with E-state index >= 15 is 0 Å². The van der Waals surface area contributed by atoms with E-state index in [-0.39, 0.29) is 25.5 Å². The molecular formula is C29H47N3O6. The Hall–Kier alpha value is -3.10. The molecule has 0 saturated heterocycles. The molecule has 2 N–H and O–H groups in total. The van der Waals surface area contributed by atoms with Gasteiger partial charge in [-0.3, -0.25) is 14.4 Å². The number of hydrogen-bond acceptors (Lipinski definition) is 6. The first-order valence-corrected chi connectivity index (χ1v) is 13.3. The zero-order valence-electron chi connectivity index (χ0n) is 24.8. The number of carbonyl (C=O) groups is 4. The molecule has 214 valence electrons. The van der Waals surface area contributed by atoms with Crippen molar-refractivity contribution >= 4 is 23.9 Å². The summed E-state index contributed by atoms with van der Waals surface area (Å²) in [4.78, 5) is 54.0. The van der Waals surface area contributed by atoms with Crippen LogP contribution in [0.2, 0.25) is 0 Å². The smallest absolute Gasteiger partial charge is 0.408 e. The van der Waals surface area contributed by atoms with E-state index in [1.807, 2.05) is 65.8 Å². The third kappa shape index (κ3) is 10.7. The van der Waals surface area contributed by atoms with E-state index in [1.165, 1.54) is 4.90 Å². The molecule has 0 bridgehead atoms. The van der Waals surface area contributed by atoms with Crippen LogP contribution in [0.5, 0.6) is 0 Å². The van der Waals surface area contributed by atoms with Gasteiger partial charge in [0.15, 0.2) is 0 Å². The average Bonchev–Trinajstić information content (AvgIpc) is 2.74. The predicted octanol–water partition coefficient (Wildman–Crippen LogP) is 4.67. The van der Waals surface area contributed by atoms with Crippen LogP contribution in [0, 0.1) is 12.8 Å². The van der Waals surface area contributed by atoms with Crippen LogP contribution in [0.4, 0.5) is 4.79 Å². The molecule has 3 amide bonds. The van der Waals surface area contributed by atoms with Gasteiger partial charge in [0.25, 0.3) is 0 Å². The summed E-state index contributed by atoms with van der Waals surface area (Å²) in [6.45, 7) is 18.6. The minimum absolute atomic E-state index is 0.0136. The molecule has 9 nitrogen and oxygen atoms in total. The van der Waals surface area contributed by atoms with Crippen molar-refractivity contribution in [1.29, 1.82) is 0 Å².